The van der Waals surface area contributed by atoms with Crippen molar-refractivity contribution in [2.45, 2.75) is 58.2 Å². The molecule has 3 rings (SSSR count). The highest BCUT2D eigenvalue weighted by Gasteiger charge is 2.41. The number of amides is 1. The van der Waals surface area contributed by atoms with Crippen molar-refractivity contribution < 1.29 is 9.59 Å². The molecule has 0 saturated carbocycles. The average molecular weight is 483 g/mol. The van der Waals surface area contributed by atoms with Crippen molar-refractivity contribution in [2.75, 3.05) is 5.32 Å². The summed E-state index contributed by atoms with van der Waals surface area (Å²) in [5.74, 6) is 3.15. The summed E-state index contributed by atoms with van der Waals surface area (Å²) in [6.45, 7) is 13.6. The Morgan fingerprint density at radius 2 is 1.54 bits per heavy atom. The fraction of sp³-hybridized carbons (Fsp3) is 0.300. The summed E-state index contributed by atoms with van der Waals surface area (Å²) in [6, 6.07) is 16.8. The molecule has 1 amide bonds. The first kappa shape index (κ1) is 26.1. The molecule has 0 saturated heterocycles. The number of fused-ring (bicyclic) bond motifs is 1. The van der Waals surface area contributed by atoms with Crippen molar-refractivity contribution in [3.63, 3.8) is 0 Å². The average Bonchev–Trinajstić information content (AvgIpc) is 2.83. The number of carbonyl (C=O) groups excluding carboxylic acids is 2. The van der Waals surface area contributed by atoms with Gasteiger partial charge in [0.25, 0.3) is 0 Å². The Kier molecular flexibility index (Phi) is 8.42. The van der Waals surface area contributed by atoms with Gasteiger partial charge in [0.15, 0.2) is 0 Å². The van der Waals surface area contributed by atoms with Crippen molar-refractivity contribution in [3.05, 3.63) is 78.0 Å². The van der Waals surface area contributed by atoms with Gasteiger partial charge in [0.1, 0.15) is 14.4 Å². The molecule has 0 aliphatic carbocycles. The molecule has 2 aromatic carbocycles. The quantitative estimate of drug-likeness (QED) is 0.166. The number of benzene rings is 2. The molecule has 0 bridgehead atoms. The van der Waals surface area contributed by atoms with E-state index in [1.165, 1.54) is 0 Å². The Morgan fingerprint density at radius 1 is 0.914 bits per heavy atom. The maximum atomic E-state index is 13.2. The minimum atomic E-state index is -2.00. The van der Waals surface area contributed by atoms with Crippen LogP contribution in [-0.2, 0) is 4.79 Å². The Bertz CT molecular complexity index is 1270. The predicted molar refractivity (Wildman–Crippen MR) is 149 cm³/mol. The van der Waals surface area contributed by atoms with Gasteiger partial charge in [-0.05, 0) is 34.3 Å². The molecule has 0 aliphatic heterocycles. The van der Waals surface area contributed by atoms with Gasteiger partial charge in [0.05, 0.1) is 11.2 Å². The summed E-state index contributed by atoms with van der Waals surface area (Å²) in [4.78, 5) is 28.7. The predicted octanol–water partition coefficient (Wildman–Crippen LogP) is 7.29. The summed E-state index contributed by atoms with van der Waals surface area (Å²) in [5.41, 5.74) is 8.59. The van der Waals surface area contributed by atoms with Crippen molar-refractivity contribution in [3.8, 4) is 11.5 Å². The van der Waals surface area contributed by atoms with Gasteiger partial charge in [-0.2, -0.15) is 0 Å². The van der Waals surface area contributed by atoms with E-state index in [-0.39, 0.29) is 5.91 Å². The molecule has 0 spiro atoms. The van der Waals surface area contributed by atoms with Crippen LogP contribution in [0, 0.1) is 11.5 Å². The molecule has 3 aromatic rings. The number of aldehydes is 1. The smallest absolute Gasteiger partial charge is 0.249 e. The second-order valence-electron chi connectivity index (χ2n) is 9.81. The zero-order valence-electron chi connectivity index (χ0n) is 21.4. The van der Waals surface area contributed by atoms with E-state index in [0.29, 0.717) is 33.4 Å². The molecule has 35 heavy (non-hydrogen) atoms. The lowest BCUT2D eigenvalue weighted by atomic mass is 10.0. The van der Waals surface area contributed by atoms with Gasteiger partial charge in [0, 0.05) is 28.8 Å². The summed E-state index contributed by atoms with van der Waals surface area (Å²) in [5, 5.41) is 3.94. The molecular formula is C30H34N2O2Si. The molecule has 4 nitrogen and oxygen atoms in total. The molecule has 0 fully saturated rings. The van der Waals surface area contributed by atoms with Crippen molar-refractivity contribution in [1.29, 1.82) is 0 Å². The van der Waals surface area contributed by atoms with Gasteiger partial charge >= 0.3 is 0 Å². The summed E-state index contributed by atoms with van der Waals surface area (Å²) in [6.07, 6.45) is 4.09. The number of hydrogen-bond donors (Lipinski definition) is 1. The largest absolute Gasteiger partial charge is 0.321 e. The number of nitrogens with zero attached hydrogens (tertiary/aromatic N) is 1. The maximum absolute atomic E-state index is 13.2. The van der Waals surface area contributed by atoms with E-state index < -0.39 is 8.07 Å². The number of allylic oxidation sites excluding steroid dienone is 1. The van der Waals surface area contributed by atoms with E-state index in [9.17, 15) is 9.59 Å². The highest BCUT2D eigenvalue weighted by Crippen LogP contribution is 2.41. The van der Waals surface area contributed by atoms with Crippen LogP contribution in [0.25, 0.3) is 16.5 Å². The minimum Gasteiger partial charge on any atom is -0.321 e. The lowest BCUT2D eigenvalue weighted by Crippen LogP contribution is -2.43. The molecule has 5 heteroatoms. The van der Waals surface area contributed by atoms with E-state index in [4.69, 9.17) is 0 Å². The molecule has 0 atom stereocenters. The van der Waals surface area contributed by atoms with Crippen molar-refractivity contribution in [1.82, 2.24) is 4.98 Å². The first-order chi connectivity index (χ1) is 16.7. The van der Waals surface area contributed by atoms with Crippen LogP contribution in [0.2, 0.25) is 16.6 Å². The third kappa shape index (κ3) is 5.78. The highest BCUT2D eigenvalue weighted by molar-refractivity contribution is 6.90. The fourth-order valence-electron chi connectivity index (χ4n) is 5.05. The zero-order chi connectivity index (χ0) is 25.6. The van der Waals surface area contributed by atoms with E-state index in [2.05, 4.69) is 63.3 Å². The first-order valence-corrected chi connectivity index (χ1v) is 14.4. The maximum Gasteiger partial charge on any atom is 0.249 e. The number of pyridine rings is 1. The SMILES string of the molecule is CC(C)[Si](C#C/C(=C\C(=O)Nc1cccc2cccnc12)c1ccc(C=O)cc1)(C(C)C)C(C)C. The molecular weight excluding hydrogens is 448 g/mol. The molecule has 0 radical (unpaired) electrons. The molecule has 1 heterocycles. The number of para-hydroxylation sites is 1. The lowest BCUT2D eigenvalue weighted by Gasteiger charge is -2.38. The number of nitrogens with one attached hydrogen (secondary N) is 1. The van der Waals surface area contributed by atoms with Crippen LogP contribution in [0.1, 0.15) is 57.5 Å². The van der Waals surface area contributed by atoms with Gasteiger partial charge in [-0.25, -0.2) is 0 Å². The number of rotatable bonds is 7. The molecule has 180 valence electrons. The third-order valence-corrected chi connectivity index (χ3v) is 13.1. The van der Waals surface area contributed by atoms with E-state index in [0.717, 1.165) is 22.8 Å². The number of hydrogen-bond acceptors (Lipinski definition) is 3. The molecule has 0 unspecified atom stereocenters. The molecule has 1 aromatic heterocycles. The van der Waals surface area contributed by atoms with Crippen LogP contribution < -0.4 is 5.32 Å². The van der Waals surface area contributed by atoms with Crippen molar-refractivity contribution in [2.24, 2.45) is 0 Å². The van der Waals surface area contributed by atoms with Crippen LogP contribution in [0.4, 0.5) is 5.69 Å². The van der Waals surface area contributed by atoms with Crippen LogP contribution in [-0.4, -0.2) is 25.3 Å². The fourth-order valence-corrected chi connectivity index (χ4v) is 10.3. The standard InChI is InChI=1S/C30H34N2O2Si/c1-21(2)35(22(3)4,23(5)6)18-16-27(25-14-12-24(20-33)13-15-25)19-29(34)32-28-11-7-9-26-10-8-17-31-30(26)28/h7-15,17,19-23H,1-6H3,(H,32,34)/b27-19+. The monoisotopic (exact) mass is 482 g/mol. The molecule has 1 N–H and O–H groups in total. The Balaban J connectivity index is 2.07. The van der Waals surface area contributed by atoms with Crippen LogP contribution in [0.5, 0.6) is 0 Å². The van der Waals surface area contributed by atoms with E-state index >= 15 is 0 Å². The normalized spacial score (nSPS) is 12.1. The van der Waals surface area contributed by atoms with Gasteiger partial charge in [-0.3, -0.25) is 14.6 Å². The van der Waals surface area contributed by atoms with Crippen LogP contribution >= 0.6 is 0 Å². The van der Waals surface area contributed by atoms with E-state index in [1.807, 2.05) is 42.5 Å². The topological polar surface area (TPSA) is 59.1 Å². The number of carbonyl (C=O) groups is 2. The Morgan fingerprint density at radius 3 is 2.14 bits per heavy atom. The number of aromatic nitrogens is 1. The highest BCUT2D eigenvalue weighted by atomic mass is 28.3. The Hall–Kier alpha value is -3.49. The summed E-state index contributed by atoms with van der Waals surface area (Å²) >= 11 is 0. The first-order valence-electron chi connectivity index (χ1n) is 12.1. The summed E-state index contributed by atoms with van der Waals surface area (Å²) < 4.78 is 0. The van der Waals surface area contributed by atoms with Gasteiger partial charge in [0.2, 0.25) is 5.91 Å². The Labute approximate surface area is 209 Å². The van der Waals surface area contributed by atoms with Gasteiger partial charge < -0.3 is 5.32 Å². The minimum absolute atomic E-state index is 0.266. The van der Waals surface area contributed by atoms with Crippen LogP contribution in [0.3, 0.4) is 0 Å². The second-order valence-corrected chi connectivity index (χ2v) is 15.4. The van der Waals surface area contributed by atoms with Crippen molar-refractivity contribution >= 4 is 42.4 Å². The summed E-state index contributed by atoms with van der Waals surface area (Å²) in [7, 11) is -2.00. The van der Waals surface area contributed by atoms with Gasteiger partial charge in [-0.1, -0.05) is 89.9 Å². The lowest BCUT2D eigenvalue weighted by molar-refractivity contribution is -0.111. The van der Waals surface area contributed by atoms with Gasteiger partial charge in [-0.15, -0.1) is 5.54 Å². The molecule has 0 aliphatic rings. The van der Waals surface area contributed by atoms with E-state index in [1.54, 1.807) is 24.4 Å². The zero-order valence-corrected chi connectivity index (χ0v) is 22.4. The second kappa shape index (κ2) is 11.3. The van der Waals surface area contributed by atoms with Crippen LogP contribution in [0.15, 0.2) is 66.9 Å². The number of anilines is 1. The third-order valence-electron chi connectivity index (χ3n) is 6.80.